The molecule has 0 aliphatic rings. The van der Waals surface area contributed by atoms with Crippen molar-refractivity contribution in [2.75, 3.05) is 0 Å². The predicted octanol–water partition coefficient (Wildman–Crippen LogP) is 2.65. The Morgan fingerprint density at radius 2 is 1.07 bits per heavy atom. The van der Waals surface area contributed by atoms with Crippen LogP contribution in [0.25, 0.3) is 0 Å². The van der Waals surface area contributed by atoms with Crippen LogP contribution in [0.4, 0.5) is 0 Å². The Bertz CT molecular complexity index is 957. The van der Waals surface area contributed by atoms with Crippen molar-refractivity contribution in [3.63, 3.8) is 0 Å². The Kier molecular flexibility index (Phi) is 7.40. The molecule has 0 unspecified atom stereocenters. The molecule has 0 saturated heterocycles. The topological polar surface area (TPSA) is 12.9 Å². The minimum absolute atomic E-state index is 0. The van der Waals surface area contributed by atoms with Crippen LogP contribution in [0.3, 0.4) is 0 Å². The molecule has 146 valence electrons. The fourth-order valence-electron chi connectivity index (χ4n) is 3.70. The fourth-order valence-corrected chi connectivity index (χ4v) is 8.72. The lowest BCUT2D eigenvalue weighted by Gasteiger charge is -2.28. The quantitative estimate of drug-likeness (QED) is 0.288. The molecule has 0 aliphatic heterocycles. The Labute approximate surface area is 192 Å². The van der Waals surface area contributed by atoms with Gasteiger partial charge in [-0.15, -0.1) is 0 Å². The van der Waals surface area contributed by atoms with Crippen LogP contribution in [-0.2, 0) is 6.16 Å². The molecule has 4 aromatic rings. The minimum atomic E-state index is -1.89. The highest BCUT2D eigenvalue weighted by Gasteiger charge is 2.45. The molecule has 29 heavy (non-hydrogen) atoms. The maximum atomic E-state index is 4.67. The van der Waals surface area contributed by atoms with Crippen LogP contribution in [0.5, 0.6) is 0 Å². The van der Waals surface area contributed by atoms with Gasteiger partial charge in [-0.3, -0.25) is 0 Å². The Morgan fingerprint density at radius 1 is 0.655 bits per heavy atom. The standard InChI is InChI=1S/C25H22BrNP.BrH/c1-20-17-18-21(25(26)27-20)19-28(22-11-5-2-6-12-22,23-13-7-3-8-14-23)24-15-9-4-10-16-24;/h2-18H,19H2,1H3;1H/q+1;/p-1. The van der Waals surface area contributed by atoms with Crippen molar-refractivity contribution in [3.8, 4) is 0 Å². The van der Waals surface area contributed by atoms with E-state index in [-0.39, 0.29) is 17.0 Å². The van der Waals surface area contributed by atoms with Gasteiger partial charge in [0.15, 0.2) is 0 Å². The van der Waals surface area contributed by atoms with E-state index in [4.69, 9.17) is 0 Å². The summed E-state index contributed by atoms with van der Waals surface area (Å²) in [5.74, 6) is 0. The molecule has 0 radical (unpaired) electrons. The molecule has 0 atom stereocenters. The number of halogens is 2. The van der Waals surface area contributed by atoms with Crippen molar-refractivity contribution in [1.29, 1.82) is 0 Å². The van der Waals surface area contributed by atoms with Gasteiger partial charge >= 0.3 is 0 Å². The molecule has 0 bridgehead atoms. The van der Waals surface area contributed by atoms with E-state index in [1.54, 1.807) is 0 Å². The number of pyridine rings is 1. The summed E-state index contributed by atoms with van der Waals surface area (Å²) >= 11 is 3.72. The number of benzene rings is 3. The van der Waals surface area contributed by atoms with Crippen molar-refractivity contribution in [2.45, 2.75) is 13.1 Å². The molecular weight excluding hydrogens is 505 g/mol. The van der Waals surface area contributed by atoms with E-state index in [1.807, 2.05) is 6.92 Å². The molecule has 0 aliphatic carbocycles. The largest absolute Gasteiger partial charge is 1.00 e. The van der Waals surface area contributed by atoms with Gasteiger partial charge in [-0.1, -0.05) is 60.7 Å². The number of nitrogens with zero attached hydrogens (tertiary/aromatic N) is 1. The van der Waals surface area contributed by atoms with Gasteiger partial charge < -0.3 is 17.0 Å². The lowest BCUT2D eigenvalue weighted by atomic mass is 10.3. The van der Waals surface area contributed by atoms with Crippen molar-refractivity contribution in [2.24, 2.45) is 0 Å². The van der Waals surface area contributed by atoms with Crippen LogP contribution >= 0.6 is 23.2 Å². The number of hydrogen-bond acceptors (Lipinski definition) is 1. The van der Waals surface area contributed by atoms with Crippen molar-refractivity contribution < 1.29 is 17.0 Å². The summed E-state index contributed by atoms with van der Waals surface area (Å²) in [7, 11) is -1.89. The summed E-state index contributed by atoms with van der Waals surface area (Å²) in [4.78, 5) is 4.67. The maximum absolute atomic E-state index is 4.67. The van der Waals surface area contributed by atoms with E-state index in [1.165, 1.54) is 21.5 Å². The first kappa shape index (κ1) is 21.9. The van der Waals surface area contributed by atoms with Gasteiger partial charge in [-0.25, -0.2) is 4.98 Å². The van der Waals surface area contributed by atoms with Crippen LogP contribution in [0, 0.1) is 6.92 Å². The summed E-state index contributed by atoms with van der Waals surface area (Å²) < 4.78 is 0.944. The summed E-state index contributed by atoms with van der Waals surface area (Å²) in [6, 6.07) is 37.2. The summed E-state index contributed by atoms with van der Waals surface area (Å²) in [6.07, 6.45) is 0.929. The SMILES string of the molecule is Cc1ccc(C[P+](c2ccccc2)(c2ccccc2)c2ccccc2)c(Br)n1.[Br-]. The zero-order valence-electron chi connectivity index (χ0n) is 16.2. The van der Waals surface area contributed by atoms with E-state index >= 15 is 0 Å². The van der Waals surface area contributed by atoms with E-state index in [9.17, 15) is 0 Å². The number of aromatic nitrogens is 1. The van der Waals surface area contributed by atoms with Crippen LogP contribution in [0.1, 0.15) is 11.3 Å². The van der Waals surface area contributed by atoms with Crippen LogP contribution in [0.2, 0.25) is 0 Å². The van der Waals surface area contributed by atoms with Crippen LogP contribution < -0.4 is 32.9 Å². The monoisotopic (exact) mass is 525 g/mol. The van der Waals surface area contributed by atoms with Crippen molar-refractivity contribution in [1.82, 2.24) is 4.98 Å². The molecule has 0 N–H and O–H groups in total. The average Bonchev–Trinajstić information content (AvgIpc) is 2.75. The number of hydrogen-bond donors (Lipinski definition) is 0. The Balaban J connectivity index is 0.00000240. The van der Waals surface area contributed by atoms with Gasteiger partial charge in [0, 0.05) is 11.3 Å². The first-order chi connectivity index (χ1) is 13.7. The van der Waals surface area contributed by atoms with Crippen LogP contribution in [-0.4, -0.2) is 4.98 Å². The van der Waals surface area contributed by atoms with Gasteiger partial charge in [-0.05, 0) is 65.3 Å². The lowest BCUT2D eigenvalue weighted by Crippen LogP contribution is -3.00. The van der Waals surface area contributed by atoms with Crippen molar-refractivity contribution >= 4 is 39.1 Å². The second-order valence-corrected chi connectivity index (χ2v) is 11.1. The highest BCUT2D eigenvalue weighted by atomic mass is 79.9. The molecule has 0 saturated carbocycles. The lowest BCUT2D eigenvalue weighted by molar-refractivity contribution is -0.00000550. The molecule has 4 heteroatoms. The van der Waals surface area contributed by atoms with Gasteiger partial charge in [0.2, 0.25) is 0 Å². The molecule has 0 amide bonds. The second kappa shape index (κ2) is 9.80. The number of aryl methyl sites for hydroxylation is 1. The second-order valence-electron chi connectivity index (χ2n) is 6.88. The Hall–Kier alpha value is -1.80. The molecule has 1 aromatic heterocycles. The third-order valence-corrected chi connectivity index (χ3v) is 10.1. The molecule has 1 heterocycles. The highest BCUT2D eigenvalue weighted by Crippen LogP contribution is 2.58. The van der Waals surface area contributed by atoms with E-state index < -0.39 is 7.26 Å². The maximum Gasteiger partial charge on any atom is 0.116 e. The average molecular weight is 527 g/mol. The molecule has 4 rings (SSSR count). The normalized spacial score (nSPS) is 11.0. The first-order valence-electron chi connectivity index (χ1n) is 9.37. The smallest absolute Gasteiger partial charge is 0.116 e. The van der Waals surface area contributed by atoms with Gasteiger partial charge in [0.05, 0.1) is 0 Å². The summed E-state index contributed by atoms with van der Waals surface area (Å²) in [5.41, 5.74) is 2.27. The highest BCUT2D eigenvalue weighted by molar-refractivity contribution is 9.10. The first-order valence-corrected chi connectivity index (χ1v) is 12.1. The molecule has 0 fully saturated rings. The van der Waals surface area contributed by atoms with Crippen LogP contribution in [0.15, 0.2) is 108 Å². The molecule has 3 aromatic carbocycles. The van der Waals surface area contributed by atoms with Crippen molar-refractivity contribution in [3.05, 3.63) is 119 Å². The predicted molar refractivity (Wildman–Crippen MR) is 126 cm³/mol. The molecular formula is C25H22Br2NP. The Morgan fingerprint density at radius 3 is 1.45 bits per heavy atom. The summed E-state index contributed by atoms with van der Waals surface area (Å²) in [6.45, 7) is 2.03. The van der Waals surface area contributed by atoms with Gasteiger partial charge in [0.25, 0.3) is 0 Å². The van der Waals surface area contributed by atoms with E-state index in [0.717, 1.165) is 16.5 Å². The zero-order valence-corrected chi connectivity index (χ0v) is 20.2. The third-order valence-electron chi connectivity index (χ3n) is 5.06. The fraction of sp³-hybridized carbons (Fsp3) is 0.0800. The molecule has 1 nitrogen and oxygen atoms in total. The van der Waals surface area contributed by atoms with E-state index in [2.05, 4.69) is 124 Å². The minimum Gasteiger partial charge on any atom is -1.00 e. The van der Waals surface area contributed by atoms with E-state index in [0.29, 0.717) is 0 Å². The zero-order chi connectivity index (χ0) is 19.4. The van der Waals surface area contributed by atoms with Gasteiger partial charge in [0.1, 0.15) is 33.9 Å². The summed E-state index contributed by atoms with van der Waals surface area (Å²) in [5, 5.41) is 4.17. The molecule has 0 spiro atoms. The van der Waals surface area contributed by atoms with Gasteiger partial charge in [-0.2, -0.15) is 0 Å². The third kappa shape index (κ3) is 4.53. The number of rotatable bonds is 5.